The van der Waals surface area contributed by atoms with Gasteiger partial charge in [-0.3, -0.25) is 0 Å². The molecule has 3 aromatic rings. The van der Waals surface area contributed by atoms with Gasteiger partial charge in [0.1, 0.15) is 11.6 Å². The maximum atomic E-state index is 6.42. The highest BCUT2D eigenvalue weighted by atomic mass is 35.5. The van der Waals surface area contributed by atoms with Gasteiger partial charge in [-0.25, -0.2) is 9.97 Å². The molecular formula is C26H31ClN6O. The van der Waals surface area contributed by atoms with E-state index >= 15 is 0 Å². The van der Waals surface area contributed by atoms with Crippen molar-refractivity contribution in [2.75, 3.05) is 60.6 Å². The van der Waals surface area contributed by atoms with E-state index < -0.39 is 0 Å². The van der Waals surface area contributed by atoms with Crippen LogP contribution in [0.5, 0.6) is 0 Å². The molecule has 0 amide bonds. The van der Waals surface area contributed by atoms with E-state index in [1.807, 2.05) is 12.1 Å². The van der Waals surface area contributed by atoms with E-state index in [0.29, 0.717) is 18.2 Å². The number of hydrogen-bond acceptors (Lipinski definition) is 7. The van der Waals surface area contributed by atoms with Crippen molar-refractivity contribution in [1.82, 2.24) is 15.0 Å². The van der Waals surface area contributed by atoms with Crippen molar-refractivity contribution in [2.45, 2.75) is 26.8 Å². The Morgan fingerprint density at radius 3 is 2.50 bits per heavy atom. The Morgan fingerprint density at radius 1 is 0.941 bits per heavy atom. The fourth-order valence-corrected chi connectivity index (χ4v) is 4.86. The number of anilines is 3. The number of halogens is 1. The summed E-state index contributed by atoms with van der Waals surface area (Å²) in [4.78, 5) is 21.4. The van der Waals surface area contributed by atoms with Gasteiger partial charge in [0.25, 0.3) is 0 Å². The maximum Gasteiger partial charge on any atom is 0.228 e. The summed E-state index contributed by atoms with van der Waals surface area (Å²) in [7, 11) is 0. The van der Waals surface area contributed by atoms with E-state index in [0.717, 1.165) is 61.6 Å². The van der Waals surface area contributed by atoms with Crippen LogP contribution in [0.4, 0.5) is 17.6 Å². The quantitative estimate of drug-likeness (QED) is 0.552. The summed E-state index contributed by atoms with van der Waals surface area (Å²) in [5.41, 5.74) is 4.62. The lowest BCUT2D eigenvalue weighted by molar-refractivity contribution is 0.122. The Bertz CT molecular complexity index is 1170. The van der Waals surface area contributed by atoms with Gasteiger partial charge in [-0.1, -0.05) is 23.7 Å². The van der Waals surface area contributed by atoms with Crippen LogP contribution in [-0.4, -0.2) is 66.9 Å². The molecule has 1 atom stereocenters. The molecule has 4 heterocycles. The topological polar surface area (TPSA) is 57.6 Å². The molecule has 0 aliphatic carbocycles. The van der Waals surface area contributed by atoms with Crippen LogP contribution in [0.15, 0.2) is 42.6 Å². The summed E-state index contributed by atoms with van der Waals surface area (Å²) in [5, 5.41) is 0.691. The zero-order valence-corrected chi connectivity index (χ0v) is 20.8. The lowest BCUT2D eigenvalue weighted by atomic mass is 10.0. The molecule has 0 radical (unpaired) electrons. The first-order valence-electron chi connectivity index (χ1n) is 11.9. The van der Waals surface area contributed by atoms with Gasteiger partial charge in [0, 0.05) is 56.6 Å². The van der Waals surface area contributed by atoms with E-state index in [4.69, 9.17) is 26.3 Å². The molecule has 34 heavy (non-hydrogen) atoms. The third-order valence-corrected chi connectivity index (χ3v) is 7.05. The number of piperazine rings is 1. The number of aryl methyl sites for hydroxylation is 2. The summed E-state index contributed by atoms with van der Waals surface area (Å²) in [6.45, 7) is 12.0. The van der Waals surface area contributed by atoms with Crippen molar-refractivity contribution in [2.24, 2.45) is 0 Å². The molecule has 178 valence electrons. The average molecular weight is 479 g/mol. The molecule has 2 aliphatic rings. The van der Waals surface area contributed by atoms with E-state index in [-0.39, 0.29) is 6.04 Å². The van der Waals surface area contributed by atoms with Crippen LogP contribution in [0, 0.1) is 13.8 Å². The number of rotatable bonds is 4. The third kappa shape index (κ3) is 4.68. The molecule has 1 aromatic carbocycles. The minimum Gasteiger partial charge on any atom is -0.378 e. The normalized spacial score (nSPS) is 18.9. The van der Waals surface area contributed by atoms with Crippen molar-refractivity contribution in [3.63, 3.8) is 0 Å². The molecule has 2 aromatic heterocycles. The standard InChI is InChI=1S/C26H31ClN6O/c1-18-6-7-21(15-19(18)2)23-16-24(30-26(29-23)31-11-13-34-14-12-31)33-10-9-32(17-20(33)3)25-22(27)5-4-8-28-25/h4-8,15-16,20H,9-14,17H2,1-3H3/t20-/m1/s1. The number of pyridine rings is 1. The van der Waals surface area contributed by atoms with Gasteiger partial charge in [0.15, 0.2) is 0 Å². The van der Waals surface area contributed by atoms with Crippen LogP contribution in [0.3, 0.4) is 0 Å². The fourth-order valence-electron chi connectivity index (χ4n) is 4.62. The molecule has 5 rings (SSSR count). The molecule has 0 spiro atoms. The lowest BCUT2D eigenvalue weighted by Crippen LogP contribution is -2.53. The largest absolute Gasteiger partial charge is 0.378 e. The predicted molar refractivity (Wildman–Crippen MR) is 138 cm³/mol. The fraction of sp³-hybridized carbons (Fsp3) is 0.423. The Labute approximate surface area is 206 Å². The molecule has 8 heteroatoms. The van der Waals surface area contributed by atoms with Gasteiger partial charge in [-0.15, -0.1) is 0 Å². The first-order valence-corrected chi connectivity index (χ1v) is 12.3. The number of ether oxygens (including phenoxy) is 1. The molecule has 0 unspecified atom stereocenters. The van der Waals surface area contributed by atoms with Crippen molar-refractivity contribution < 1.29 is 4.74 Å². The number of hydrogen-bond donors (Lipinski definition) is 0. The van der Waals surface area contributed by atoms with E-state index in [1.54, 1.807) is 6.20 Å². The first kappa shape index (κ1) is 22.9. The maximum absolute atomic E-state index is 6.42. The zero-order chi connectivity index (χ0) is 23.7. The van der Waals surface area contributed by atoms with E-state index in [1.165, 1.54) is 11.1 Å². The second kappa shape index (κ2) is 9.76. The SMILES string of the molecule is Cc1ccc(-c2cc(N3CCN(c4ncccc4Cl)C[C@H]3C)nc(N3CCOCC3)n2)cc1C. The zero-order valence-electron chi connectivity index (χ0n) is 20.0. The predicted octanol–water partition coefficient (Wildman–Crippen LogP) is 4.36. The Balaban J connectivity index is 1.47. The average Bonchev–Trinajstić information content (AvgIpc) is 2.86. The monoisotopic (exact) mass is 478 g/mol. The van der Waals surface area contributed by atoms with Gasteiger partial charge in [0.2, 0.25) is 5.95 Å². The van der Waals surface area contributed by atoms with Gasteiger partial charge in [-0.2, -0.15) is 4.98 Å². The van der Waals surface area contributed by atoms with Crippen molar-refractivity contribution >= 4 is 29.2 Å². The second-order valence-electron chi connectivity index (χ2n) is 9.11. The number of morpholine rings is 1. The summed E-state index contributed by atoms with van der Waals surface area (Å²) >= 11 is 6.42. The van der Waals surface area contributed by atoms with Crippen molar-refractivity contribution in [3.8, 4) is 11.3 Å². The van der Waals surface area contributed by atoms with Gasteiger partial charge >= 0.3 is 0 Å². The summed E-state index contributed by atoms with van der Waals surface area (Å²) in [6, 6.07) is 12.7. The summed E-state index contributed by atoms with van der Waals surface area (Å²) in [6.07, 6.45) is 1.80. The highest BCUT2D eigenvalue weighted by Gasteiger charge is 2.28. The van der Waals surface area contributed by atoms with Crippen LogP contribution in [0.25, 0.3) is 11.3 Å². The third-order valence-electron chi connectivity index (χ3n) is 6.76. The molecule has 2 aliphatic heterocycles. The molecule has 2 fully saturated rings. The Kier molecular flexibility index (Phi) is 6.57. The smallest absolute Gasteiger partial charge is 0.228 e. The Hall–Kier alpha value is -2.90. The van der Waals surface area contributed by atoms with Gasteiger partial charge in [0.05, 0.1) is 23.9 Å². The van der Waals surface area contributed by atoms with Crippen LogP contribution in [0.2, 0.25) is 5.02 Å². The molecule has 2 saturated heterocycles. The number of aromatic nitrogens is 3. The minimum absolute atomic E-state index is 0.242. The van der Waals surface area contributed by atoms with Gasteiger partial charge < -0.3 is 19.4 Å². The van der Waals surface area contributed by atoms with Crippen LogP contribution in [-0.2, 0) is 4.74 Å². The first-order chi connectivity index (χ1) is 16.5. The van der Waals surface area contributed by atoms with Crippen LogP contribution < -0.4 is 14.7 Å². The number of benzene rings is 1. The molecule has 0 saturated carbocycles. The van der Waals surface area contributed by atoms with Crippen molar-refractivity contribution in [3.05, 3.63) is 58.7 Å². The summed E-state index contributed by atoms with van der Waals surface area (Å²) in [5.74, 6) is 2.59. The molecular weight excluding hydrogens is 448 g/mol. The summed E-state index contributed by atoms with van der Waals surface area (Å²) < 4.78 is 5.56. The highest BCUT2D eigenvalue weighted by molar-refractivity contribution is 6.32. The Morgan fingerprint density at radius 2 is 1.76 bits per heavy atom. The minimum atomic E-state index is 0.242. The number of nitrogens with zero attached hydrogens (tertiary/aromatic N) is 6. The highest BCUT2D eigenvalue weighted by Crippen LogP contribution is 2.30. The van der Waals surface area contributed by atoms with Crippen LogP contribution in [0.1, 0.15) is 18.1 Å². The van der Waals surface area contributed by atoms with Crippen molar-refractivity contribution in [1.29, 1.82) is 0 Å². The second-order valence-corrected chi connectivity index (χ2v) is 9.51. The molecule has 0 N–H and O–H groups in total. The lowest BCUT2D eigenvalue weighted by Gasteiger charge is -2.41. The van der Waals surface area contributed by atoms with E-state index in [9.17, 15) is 0 Å². The molecule has 7 nitrogen and oxygen atoms in total. The van der Waals surface area contributed by atoms with E-state index in [2.05, 4.69) is 64.7 Å². The molecule has 0 bridgehead atoms. The van der Waals surface area contributed by atoms with Crippen LogP contribution >= 0.6 is 11.6 Å². The van der Waals surface area contributed by atoms with Gasteiger partial charge in [-0.05, 0) is 50.1 Å².